The van der Waals surface area contributed by atoms with Gasteiger partial charge in [0, 0.05) is 24.7 Å². The van der Waals surface area contributed by atoms with Crippen LogP contribution in [-0.2, 0) is 16.0 Å². The summed E-state index contributed by atoms with van der Waals surface area (Å²) in [7, 11) is 0. The summed E-state index contributed by atoms with van der Waals surface area (Å²) in [6.45, 7) is 4.57. The van der Waals surface area contributed by atoms with E-state index >= 15 is 0 Å². The number of hydrogen-bond acceptors (Lipinski definition) is 3. The minimum Gasteiger partial charge on any atom is -0.467 e. The summed E-state index contributed by atoms with van der Waals surface area (Å²) in [6.07, 6.45) is 4.94. The van der Waals surface area contributed by atoms with Gasteiger partial charge in [0.1, 0.15) is 5.76 Å². The molecule has 5 nitrogen and oxygen atoms in total. The molecular formula is C22H26N2O3. The molecule has 27 heavy (non-hydrogen) atoms. The predicted octanol–water partition coefficient (Wildman–Crippen LogP) is 3.95. The van der Waals surface area contributed by atoms with Crippen LogP contribution >= 0.6 is 0 Å². The van der Waals surface area contributed by atoms with Crippen molar-refractivity contribution in [3.63, 3.8) is 0 Å². The fourth-order valence-corrected chi connectivity index (χ4v) is 3.95. The molecule has 1 aliphatic carbocycles. The van der Waals surface area contributed by atoms with Crippen LogP contribution < -0.4 is 4.90 Å². The van der Waals surface area contributed by atoms with Gasteiger partial charge in [-0.2, -0.15) is 0 Å². The molecule has 0 N–H and O–H groups in total. The first kappa shape index (κ1) is 17.8. The first-order valence-electron chi connectivity index (χ1n) is 9.83. The van der Waals surface area contributed by atoms with Crippen molar-refractivity contribution in [2.24, 2.45) is 5.92 Å². The van der Waals surface area contributed by atoms with Crippen LogP contribution in [0.15, 0.2) is 47.1 Å². The third-order valence-electron chi connectivity index (χ3n) is 5.70. The van der Waals surface area contributed by atoms with Gasteiger partial charge < -0.3 is 14.2 Å². The van der Waals surface area contributed by atoms with Crippen molar-refractivity contribution in [1.29, 1.82) is 0 Å². The molecule has 2 atom stereocenters. The second kappa shape index (κ2) is 7.22. The Morgan fingerprint density at radius 1 is 1.26 bits per heavy atom. The van der Waals surface area contributed by atoms with Crippen LogP contribution in [0.2, 0.25) is 0 Å². The van der Waals surface area contributed by atoms with Gasteiger partial charge in [0.25, 0.3) is 0 Å². The number of furan rings is 1. The number of anilines is 1. The van der Waals surface area contributed by atoms with E-state index in [0.29, 0.717) is 6.54 Å². The highest BCUT2D eigenvalue weighted by atomic mass is 16.3. The number of benzene rings is 1. The molecule has 1 saturated carbocycles. The monoisotopic (exact) mass is 366 g/mol. The van der Waals surface area contributed by atoms with Crippen molar-refractivity contribution in [1.82, 2.24) is 4.90 Å². The molecule has 1 aliphatic heterocycles. The molecule has 0 radical (unpaired) electrons. The smallest absolute Gasteiger partial charge is 0.228 e. The van der Waals surface area contributed by atoms with Gasteiger partial charge in [-0.15, -0.1) is 0 Å². The number of carbonyl (C=O) groups is 2. The fourth-order valence-electron chi connectivity index (χ4n) is 3.95. The van der Waals surface area contributed by atoms with E-state index < -0.39 is 0 Å². The van der Waals surface area contributed by atoms with Crippen LogP contribution in [-0.4, -0.2) is 29.3 Å². The molecular weight excluding hydrogens is 340 g/mol. The van der Waals surface area contributed by atoms with Gasteiger partial charge >= 0.3 is 0 Å². The Morgan fingerprint density at radius 3 is 2.59 bits per heavy atom. The lowest BCUT2D eigenvalue weighted by Gasteiger charge is -2.30. The standard InChI is InChI=1S/C22H26N2O3/c1-3-16-6-8-18(9-7-16)23-14-17(13-21(23)25)22(26)24(19-10-11-19)15(2)20-5-4-12-27-20/h4-9,12,15,17,19H,3,10-11,13-14H2,1-2H3. The first-order chi connectivity index (χ1) is 13.1. The molecule has 142 valence electrons. The maximum Gasteiger partial charge on any atom is 0.228 e. The third kappa shape index (κ3) is 3.51. The van der Waals surface area contributed by atoms with E-state index in [9.17, 15) is 9.59 Å². The number of aryl methyl sites for hydroxylation is 1. The molecule has 2 heterocycles. The highest BCUT2D eigenvalue weighted by molar-refractivity contribution is 6.00. The average molecular weight is 366 g/mol. The Balaban J connectivity index is 1.50. The molecule has 5 heteroatoms. The highest BCUT2D eigenvalue weighted by Crippen LogP contribution is 2.37. The van der Waals surface area contributed by atoms with Gasteiger partial charge in [0.2, 0.25) is 11.8 Å². The van der Waals surface area contributed by atoms with E-state index in [4.69, 9.17) is 4.42 Å². The quantitative estimate of drug-likeness (QED) is 0.778. The Labute approximate surface area is 159 Å². The number of hydrogen-bond donors (Lipinski definition) is 0. The van der Waals surface area contributed by atoms with Crippen molar-refractivity contribution >= 4 is 17.5 Å². The number of carbonyl (C=O) groups excluding carboxylic acids is 2. The number of rotatable bonds is 6. The predicted molar refractivity (Wildman–Crippen MR) is 103 cm³/mol. The van der Waals surface area contributed by atoms with E-state index in [1.165, 1.54) is 5.56 Å². The van der Waals surface area contributed by atoms with Gasteiger partial charge in [-0.3, -0.25) is 9.59 Å². The Bertz CT molecular complexity index is 809. The van der Waals surface area contributed by atoms with Gasteiger partial charge in [-0.25, -0.2) is 0 Å². The van der Waals surface area contributed by atoms with Gasteiger partial charge in [-0.05, 0) is 56.0 Å². The lowest BCUT2D eigenvalue weighted by atomic mass is 10.0. The number of amides is 2. The largest absolute Gasteiger partial charge is 0.467 e. The van der Waals surface area contributed by atoms with Crippen LogP contribution in [0.25, 0.3) is 0 Å². The van der Waals surface area contributed by atoms with E-state index in [0.717, 1.165) is 30.7 Å². The second-order valence-corrected chi connectivity index (χ2v) is 7.59. The molecule has 1 aromatic carbocycles. The summed E-state index contributed by atoms with van der Waals surface area (Å²) in [5, 5.41) is 0. The Morgan fingerprint density at radius 2 is 2.00 bits per heavy atom. The van der Waals surface area contributed by atoms with Crippen molar-refractivity contribution in [2.75, 3.05) is 11.4 Å². The molecule has 0 spiro atoms. The van der Waals surface area contributed by atoms with Gasteiger partial charge in [0.15, 0.2) is 0 Å². The summed E-state index contributed by atoms with van der Waals surface area (Å²) in [4.78, 5) is 29.6. The minimum atomic E-state index is -0.290. The van der Waals surface area contributed by atoms with E-state index in [-0.39, 0.29) is 36.2 Å². The maximum atomic E-state index is 13.3. The molecule has 4 rings (SSSR count). The van der Waals surface area contributed by atoms with Crippen molar-refractivity contribution < 1.29 is 14.0 Å². The number of nitrogens with zero attached hydrogens (tertiary/aromatic N) is 2. The molecule has 0 bridgehead atoms. The zero-order chi connectivity index (χ0) is 19.0. The topological polar surface area (TPSA) is 53.8 Å². The molecule has 2 amide bonds. The van der Waals surface area contributed by atoms with Crippen LogP contribution in [0, 0.1) is 5.92 Å². The van der Waals surface area contributed by atoms with Crippen LogP contribution in [0.4, 0.5) is 5.69 Å². The van der Waals surface area contributed by atoms with E-state index in [1.54, 1.807) is 11.2 Å². The Kier molecular flexibility index (Phi) is 4.77. The van der Waals surface area contributed by atoms with E-state index in [2.05, 4.69) is 6.92 Å². The van der Waals surface area contributed by atoms with Gasteiger partial charge in [0.05, 0.1) is 18.2 Å². The zero-order valence-corrected chi connectivity index (χ0v) is 15.9. The van der Waals surface area contributed by atoms with Crippen molar-refractivity contribution in [3.05, 3.63) is 54.0 Å². The minimum absolute atomic E-state index is 0.0268. The summed E-state index contributed by atoms with van der Waals surface area (Å²) in [5.41, 5.74) is 2.12. The van der Waals surface area contributed by atoms with E-state index in [1.807, 2.05) is 48.2 Å². The second-order valence-electron chi connectivity index (χ2n) is 7.59. The van der Waals surface area contributed by atoms with Crippen LogP contribution in [0.5, 0.6) is 0 Å². The molecule has 2 unspecified atom stereocenters. The third-order valence-corrected chi connectivity index (χ3v) is 5.70. The SMILES string of the molecule is CCc1ccc(N2CC(C(=O)N(C3CC3)C(C)c3ccco3)CC2=O)cc1. The summed E-state index contributed by atoms with van der Waals surface area (Å²) >= 11 is 0. The average Bonchev–Trinajstić information content (AvgIpc) is 3.20. The van der Waals surface area contributed by atoms with Crippen molar-refractivity contribution in [3.8, 4) is 0 Å². The lowest BCUT2D eigenvalue weighted by molar-refractivity contribution is -0.139. The first-order valence-corrected chi connectivity index (χ1v) is 9.83. The van der Waals surface area contributed by atoms with Crippen LogP contribution in [0.3, 0.4) is 0 Å². The molecule has 1 saturated heterocycles. The fraction of sp³-hybridized carbons (Fsp3) is 0.455. The molecule has 2 fully saturated rings. The lowest BCUT2D eigenvalue weighted by Crippen LogP contribution is -2.40. The van der Waals surface area contributed by atoms with Gasteiger partial charge in [-0.1, -0.05) is 19.1 Å². The summed E-state index contributed by atoms with van der Waals surface area (Å²) in [6, 6.07) is 12.0. The summed E-state index contributed by atoms with van der Waals surface area (Å²) in [5.74, 6) is 0.606. The normalized spacial score (nSPS) is 20.7. The maximum absolute atomic E-state index is 13.3. The van der Waals surface area contributed by atoms with Crippen LogP contribution in [0.1, 0.15) is 50.5 Å². The zero-order valence-electron chi connectivity index (χ0n) is 15.9. The molecule has 2 aromatic rings. The Hall–Kier alpha value is -2.56. The highest BCUT2D eigenvalue weighted by Gasteiger charge is 2.43. The summed E-state index contributed by atoms with van der Waals surface area (Å²) < 4.78 is 5.53. The molecule has 1 aromatic heterocycles. The molecule has 2 aliphatic rings. The van der Waals surface area contributed by atoms with Crippen molar-refractivity contribution in [2.45, 2.75) is 51.6 Å².